The molecule has 1 amide bonds. The molecule has 1 N–H and O–H groups in total. The fraction of sp³-hybridized carbons (Fsp3) is 0.333. The molecule has 0 fully saturated rings. The summed E-state index contributed by atoms with van der Waals surface area (Å²) in [6.45, 7) is 2.05. The molecule has 3 aromatic rings. The molecule has 0 saturated heterocycles. The summed E-state index contributed by atoms with van der Waals surface area (Å²) in [6, 6.07) is 13.4. The Morgan fingerprint density at radius 3 is 2.47 bits per heavy atom. The van der Waals surface area contributed by atoms with E-state index in [-0.39, 0.29) is 29.6 Å². The summed E-state index contributed by atoms with van der Waals surface area (Å²) in [5.41, 5.74) is 2.04. The minimum absolute atomic E-state index is 0.232. The molecule has 0 unspecified atom stereocenters. The monoisotopic (exact) mass is 495 g/mol. The van der Waals surface area contributed by atoms with Crippen molar-refractivity contribution < 1.29 is 23.4 Å². The number of pyridine rings is 1. The van der Waals surface area contributed by atoms with E-state index in [9.17, 15) is 14.0 Å². The van der Waals surface area contributed by atoms with Crippen molar-refractivity contribution in [2.75, 3.05) is 34.4 Å². The van der Waals surface area contributed by atoms with Crippen LogP contribution in [-0.4, -0.2) is 49.8 Å². The van der Waals surface area contributed by atoms with Crippen molar-refractivity contribution in [2.24, 2.45) is 0 Å². The zero-order valence-corrected chi connectivity index (χ0v) is 20.7. The summed E-state index contributed by atoms with van der Waals surface area (Å²) in [5.74, 6) is 0.838. The maximum absolute atomic E-state index is 14.4. The fourth-order valence-corrected chi connectivity index (χ4v) is 4.51. The molecule has 36 heavy (non-hydrogen) atoms. The summed E-state index contributed by atoms with van der Waals surface area (Å²) in [7, 11) is 4.56. The van der Waals surface area contributed by atoms with Gasteiger partial charge in [-0.2, -0.15) is 0 Å². The summed E-state index contributed by atoms with van der Waals surface area (Å²) in [4.78, 5) is 28.3. The Morgan fingerprint density at radius 2 is 1.72 bits per heavy atom. The minimum Gasteiger partial charge on any atom is -0.497 e. The topological polar surface area (TPSA) is 82.0 Å². The summed E-state index contributed by atoms with van der Waals surface area (Å²) in [6.07, 6.45) is 0.426. The zero-order chi connectivity index (χ0) is 25.7. The second-order valence-corrected chi connectivity index (χ2v) is 8.50. The van der Waals surface area contributed by atoms with Gasteiger partial charge in [-0.1, -0.05) is 18.2 Å². The van der Waals surface area contributed by atoms with Crippen molar-refractivity contribution in [3.8, 4) is 17.2 Å². The van der Waals surface area contributed by atoms with Gasteiger partial charge in [0.05, 0.1) is 21.3 Å². The molecule has 4 rings (SSSR count). The van der Waals surface area contributed by atoms with Gasteiger partial charge in [-0.3, -0.25) is 14.5 Å². The average molecular weight is 496 g/mol. The molecule has 0 radical (unpaired) electrons. The highest BCUT2D eigenvalue weighted by Gasteiger charge is 2.25. The second-order valence-electron chi connectivity index (χ2n) is 8.50. The van der Waals surface area contributed by atoms with Crippen LogP contribution in [0.1, 0.15) is 27.2 Å². The van der Waals surface area contributed by atoms with Crippen LogP contribution >= 0.6 is 0 Å². The number of carbonyl (C=O) groups excluding carboxylic acids is 1. The van der Waals surface area contributed by atoms with Crippen LogP contribution in [0.4, 0.5) is 4.39 Å². The van der Waals surface area contributed by atoms with Gasteiger partial charge in [0.15, 0.2) is 0 Å². The van der Waals surface area contributed by atoms with Crippen LogP contribution in [0, 0.1) is 5.82 Å². The molecule has 1 aromatic heterocycles. The Morgan fingerprint density at radius 1 is 0.944 bits per heavy atom. The van der Waals surface area contributed by atoms with Crippen molar-refractivity contribution in [3.05, 3.63) is 87.1 Å². The third-order valence-electron chi connectivity index (χ3n) is 6.41. The molecular weight excluding hydrogens is 465 g/mol. The number of benzene rings is 2. The van der Waals surface area contributed by atoms with Gasteiger partial charge in [0.2, 0.25) is 0 Å². The first-order valence-electron chi connectivity index (χ1n) is 11.7. The highest BCUT2D eigenvalue weighted by molar-refractivity contribution is 5.98. The highest BCUT2D eigenvalue weighted by atomic mass is 19.1. The van der Waals surface area contributed by atoms with Crippen molar-refractivity contribution in [1.29, 1.82) is 0 Å². The quantitative estimate of drug-likeness (QED) is 0.518. The summed E-state index contributed by atoms with van der Waals surface area (Å²) < 4.78 is 32.1. The van der Waals surface area contributed by atoms with Crippen LogP contribution < -0.4 is 25.1 Å². The Hall–Kier alpha value is -3.85. The summed E-state index contributed by atoms with van der Waals surface area (Å²) in [5, 5.41) is 2.93. The molecule has 2 heterocycles. The van der Waals surface area contributed by atoms with E-state index in [1.54, 1.807) is 30.9 Å². The molecule has 0 spiro atoms. The third kappa shape index (κ3) is 5.36. The van der Waals surface area contributed by atoms with Gasteiger partial charge < -0.3 is 24.1 Å². The van der Waals surface area contributed by atoms with E-state index in [1.807, 2.05) is 24.3 Å². The Balaban J connectivity index is 1.58. The third-order valence-corrected chi connectivity index (χ3v) is 6.41. The highest BCUT2D eigenvalue weighted by Crippen LogP contribution is 2.25. The van der Waals surface area contributed by atoms with E-state index >= 15 is 0 Å². The largest absolute Gasteiger partial charge is 0.497 e. The Kier molecular flexibility index (Phi) is 7.90. The van der Waals surface area contributed by atoms with E-state index in [0.717, 1.165) is 5.56 Å². The lowest BCUT2D eigenvalue weighted by molar-refractivity contribution is 0.0945. The number of fused-ring (bicyclic) bond motifs is 1. The second kappa shape index (κ2) is 11.3. The predicted octanol–water partition coefficient (Wildman–Crippen LogP) is 3.00. The molecule has 190 valence electrons. The number of ether oxygens (including phenoxy) is 3. The average Bonchev–Trinajstić information content (AvgIpc) is 3.11. The number of para-hydroxylation sites is 1. The molecule has 0 aliphatic carbocycles. The van der Waals surface area contributed by atoms with Gasteiger partial charge in [-0.05, 0) is 24.3 Å². The van der Waals surface area contributed by atoms with Crippen LogP contribution in [0.3, 0.4) is 0 Å². The lowest BCUT2D eigenvalue weighted by atomic mass is 10.1. The van der Waals surface area contributed by atoms with Crippen LogP contribution in [0.2, 0.25) is 0 Å². The molecule has 1 aliphatic rings. The number of nitrogens with one attached hydrogen (secondary N) is 1. The lowest BCUT2D eigenvalue weighted by Crippen LogP contribution is -2.31. The molecule has 9 heteroatoms. The molecule has 0 atom stereocenters. The number of hydrogen-bond donors (Lipinski definition) is 1. The number of amides is 1. The summed E-state index contributed by atoms with van der Waals surface area (Å²) >= 11 is 0. The normalized spacial score (nSPS) is 13.4. The predicted molar refractivity (Wildman–Crippen MR) is 133 cm³/mol. The number of halogens is 1. The fourth-order valence-electron chi connectivity index (χ4n) is 4.51. The van der Waals surface area contributed by atoms with Crippen LogP contribution in [-0.2, 0) is 26.1 Å². The molecule has 0 bridgehead atoms. The standard InChI is InChI=1S/C27H30FN3O5/c1-34-20-8-9-21(28)19(14-20)17-30-11-10-22-26(24(36-3)15-25(32)31(22)13-12-30)27(33)29-16-18-6-4-5-7-23(18)35-2/h4-9,14-15H,10-13,16-17H2,1-3H3,(H,29,33). The molecular formula is C27H30FN3O5. The van der Waals surface area contributed by atoms with Crippen molar-refractivity contribution in [3.63, 3.8) is 0 Å². The van der Waals surface area contributed by atoms with Gasteiger partial charge in [0.25, 0.3) is 11.5 Å². The minimum atomic E-state index is -0.339. The number of hydrogen-bond acceptors (Lipinski definition) is 6. The van der Waals surface area contributed by atoms with Crippen LogP contribution in [0.5, 0.6) is 17.2 Å². The molecule has 1 aliphatic heterocycles. The Bertz CT molecular complexity index is 1310. The number of carbonyl (C=O) groups is 1. The zero-order valence-electron chi connectivity index (χ0n) is 20.7. The first-order chi connectivity index (χ1) is 17.4. The van der Waals surface area contributed by atoms with Gasteiger partial charge >= 0.3 is 0 Å². The van der Waals surface area contributed by atoms with Gasteiger partial charge in [0, 0.05) is 62.0 Å². The van der Waals surface area contributed by atoms with Crippen LogP contribution in [0.15, 0.2) is 53.3 Å². The first kappa shape index (κ1) is 25.2. The molecule has 2 aromatic carbocycles. The van der Waals surface area contributed by atoms with E-state index in [4.69, 9.17) is 14.2 Å². The van der Waals surface area contributed by atoms with E-state index < -0.39 is 0 Å². The Labute approximate surface area is 209 Å². The van der Waals surface area contributed by atoms with Gasteiger partial charge in [0.1, 0.15) is 28.6 Å². The maximum atomic E-state index is 14.4. The van der Waals surface area contributed by atoms with Crippen LogP contribution in [0.25, 0.3) is 0 Å². The number of aromatic nitrogens is 1. The van der Waals surface area contributed by atoms with E-state index in [1.165, 1.54) is 19.2 Å². The number of nitrogens with zero attached hydrogens (tertiary/aromatic N) is 2. The number of methoxy groups -OCH3 is 3. The van der Waals surface area contributed by atoms with Gasteiger partial charge in [-0.25, -0.2) is 4.39 Å². The van der Waals surface area contributed by atoms with Crippen molar-refractivity contribution >= 4 is 5.91 Å². The van der Waals surface area contributed by atoms with Crippen molar-refractivity contribution in [1.82, 2.24) is 14.8 Å². The SMILES string of the molecule is COc1ccc(F)c(CN2CCc3c(C(=O)NCc4ccccc4OC)c(OC)cc(=O)n3CC2)c1. The molecule has 0 saturated carbocycles. The number of rotatable bonds is 8. The maximum Gasteiger partial charge on any atom is 0.257 e. The molecule has 8 nitrogen and oxygen atoms in total. The smallest absolute Gasteiger partial charge is 0.257 e. The van der Waals surface area contributed by atoms with Gasteiger partial charge in [-0.15, -0.1) is 0 Å². The first-order valence-corrected chi connectivity index (χ1v) is 11.7. The van der Waals surface area contributed by atoms with Crippen molar-refractivity contribution in [2.45, 2.75) is 26.1 Å². The van der Waals surface area contributed by atoms with E-state index in [2.05, 4.69) is 10.2 Å². The lowest BCUT2D eigenvalue weighted by Gasteiger charge is -2.20. The van der Waals surface area contributed by atoms with E-state index in [0.29, 0.717) is 60.9 Å².